The standard InChI is InChI=1S/C24H29N5O3/c1-2-28-20-10-6-7-11-21(20)29(24(28)32)17-14-22(30)25-19-12-15-27(16-13-19)23(31)26-18-8-4-3-5-9-18/h3-11,19H,2,12-17H2,1H3,(H,25,30)(H,26,31). The summed E-state index contributed by atoms with van der Waals surface area (Å²) < 4.78 is 3.40. The number of likely N-dealkylation sites (tertiary alicyclic amines) is 1. The Morgan fingerprint density at radius 1 is 0.938 bits per heavy atom. The number of nitrogens with zero attached hydrogens (tertiary/aromatic N) is 3. The Morgan fingerprint density at radius 3 is 2.22 bits per heavy atom. The number of nitrogens with one attached hydrogen (secondary N) is 2. The maximum Gasteiger partial charge on any atom is 0.329 e. The van der Waals surface area contributed by atoms with Gasteiger partial charge in [0.05, 0.1) is 11.0 Å². The van der Waals surface area contributed by atoms with Crippen molar-refractivity contribution in [1.29, 1.82) is 0 Å². The number of hydrogen-bond acceptors (Lipinski definition) is 3. The lowest BCUT2D eigenvalue weighted by atomic mass is 10.1. The number of amides is 3. The van der Waals surface area contributed by atoms with Crippen LogP contribution >= 0.6 is 0 Å². The minimum absolute atomic E-state index is 0.0389. The topological polar surface area (TPSA) is 88.4 Å². The van der Waals surface area contributed by atoms with E-state index >= 15 is 0 Å². The van der Waals surface area contributed by atoms with Gasteiger partial charge in [0.2, 0.25) is 5.91 Å². The second kappa shape index (κ2) is 9.72. The SMILES string of the molecule is CCn1c(=O)n(CCC(=O)NC2CCN(C(=O)Nc3ccccc3)CC2)c2ccccc21. The summed E-state index contributed by atoms with van der Waals surface area (Å²) in [5, 5.41) is 5.96. The fourth-order valence-electron chi connectivity index (χ4n) is 4.26. The van der Waals surface area contributed by atoms with E-state index in [0.717, 1.165) is 16.7 Å². The number of benzene rings is 2. The number of hydrogen-bond donors (Lipinski definition) is 2. The maximum atomic E-state index is 12.7. The summed E-state index contributed by atoms with van der Waals surface area (Å²) >= 11 is 0. The molecule has 1 fully saturated rings. The predicted octanol–water partition coefficient (Wildman–Crippen LogP) is 3.03. The van der Waals surface area contributed by atoms with Crippen LogP contribution in [0.3, 0.4) is 0 Å². The number of aromatic nitrogens is 2. The van der Waals surface area contributed by atoms with Crippen molar-refractivity contribution in [3.05, 3.63) is 65.1 Å². The largest absolute Gasteiger partial charge is 0.353 e. The van der Waals surface area contributed by atoms with Crippen molar-refractivity contribution in [1.82, 2.24) is 19.4 Å². The molecule has 0 spiro atoms. The molecule has 1 aromatic heterocycles. The number of carbonyl (C=O) groups excluding carboxylic acids is 2. The van der Waals surface area contributed by atoms with E-state index in [0.29, 0.717) is 39.0 Å². The number of anilines is 1. The molecule has 0 saturated carbocycles. The Balaban J connectivity index is 1.27. The van der Waals surface area contributed by atoms with E-state index in [1.165, 1.54) is 0 Å². The van der Waals surface area contributed by atoms with Crippen molar-refractivity contribution in [2.24, 2.45) is 0 Å². The highest BCUT2D eigenvalue weighted by Gasteiger charge is 2.24. The van der Waals surface area contributed by atoms with Crippen molar-refractivity contribution >= 4 is 28.7 Å². The van der Waals surface area contributed by atoms with E-state index in [2.05, 4.69) is 10.6 Å². The van der Waals surface area contributed by atoms with Crippen molar-refractivity contribution < 1.29 is 9.59 Å². The van der Waals surface area contributed by atoms with Crippen LogP contribution in [-0.4, -0.2) is 45.1 Å². The molecular weight excluding hydrogens is 406 g/mol. The fourth-order valence-corrected chi connectivity index (χ4v) is 4.26. The van der Waals surface area contributed by atoms with Crippen LogP contribution in [0.4, 0.5) is 10.5 Å². The first-order valence-electron chi connectivity index (χ1n) is 11.1. The molecule has 0 radical (unpaired) electrons. The van der Waals surface area contributed by atoms with Crippen molar-refractivity contribution in [2.45, 2.75) is 45.3 Å². The van der Waals surface area contributed by atoms with Gasteiger partial charge in [-0.15, -0.1) is 0 Å². The predicted molar refractivity (Wildman–Crippen MR) is 125 cm³/mol. The van der Waals surface area contributed by atoms with Crippen LogP contribution in [-0.2, 0) is 17.9 Å². The van der Waals surface area contributed by atoms with Crippen LogP contribution in [0.25, 0.3) is 11.0 Å². The number of fused-ring (bicyclic) bond motifs is 1. The number of imidazole rings is 1. The van der Waals surface area contributed by atoms with Gasteiger partial charge in [-0.05, 0) is 44.0 Å². The van der Waals surface area contributed by atoms with Crippen LogP contribution in [0.5, 0.6) is 0 Å². The molecule has 3 aromatic rings. The average Bonchev–Trinajstić information content (AvgIpc) is 3.09. The number of carbonyl (C=O) groups is 2. The fraction of sp³-hybridized carbons (Fsp3) is 0.375. The molecule has 2 heterocycles. The summed E-state index contributed by atoms with van der Waals surface area (Å²) in [6.07, 6.45) is 1.67. The third kappa shape index (κ3) is 4.69. The van der Waals surface area contributed by atoms with Gasteiger partial charge in [0.15, 0.2) is 0 Å². The van der Waals surface area contributed by atoms with Crippen molar-refractivity contribution in [2.75, 3.05) is 18.4 Å². The van der Waals surface area contributed by atoms with E-state index in [1.807, 2.05) is 61.5 Å². The first-order valence-corrected chi connectivity index (χ1v) is 11.1. The second-order valence-electron chi connectivity index (χ2n) is 8.04. The normalized spacial score (nSPS) is 14.5. The highest BCUT2D eigenvalue weighted by molar-refractivity contribution is 5.89. The molecule has 1 aliphatic heterocycles. The van der Waals surface area contributed by atoms with E-state index < -0.39 is 0 Å². The van der Waals surface area contributed by atoms with Crippen LogP contribution < -0.4 is 16.3 Å². The molecule has 2 aromatic carbocycles. The van der Waals surface area contributed by atoms with Gasteiger partial charge in [0.25, 0.3) is 0 Å². The Labute approximate surface area is 186 Å². The molecule has 0 unspecified atom stereocenters. The molecule has 168 valence electrons. The lowest BCUT2D eigenvalue weighted by molar-refractivity contribution is -0.122. The van der Waals surface area contributed by atoms with Gasteiger partial charge in [0.1, 0.15) is 0 Å². The summed E-state index contributed by atoms with van der Waals surface area (Å²) in [5.41, 5.74) is 2.43. The molecule has 8 nitrogen and oxygen atoms in total. The molecule has 1 aliphatic rings. The van der Waals surface area contributed by atoms with E-state index in [9.17, 15) is 14.4 Å². The third-order valence-electron chi connectivity index (χ3n) is 5.98. The Hall–Kier alpha value is -3.55. The van der Waals surface area contributed by atoms with Crippen molar-refractivity contribution in [3.8, 4) is 0 Å². The molecule has 3 amide bonds. The van der Waals surface area contributed by atoms with Crippen LogP contribution in [0.15, 0.2) is 59.4 Å². The molecular formula is C24H29N5O3. The summed E-state index contributed by atoms with van der Waals surface area (Å²) in [4.78, 5) is 39.4. The summed E-state index contributed by atoms with van der Waals surface area (Å²) in [7, 11) is 0. The Kier molecular flexibility index (Phi) is 6.58. The smallest absolute Gasteiger partial charge is 0.329 e. The lowest BCUT2D eigenvalue weighted by Crippen LogP contribution is -2.47. The van der Waals surface area contributed by atoms with Gasteiger partial charge in [-0.1, -0.05) is 30.3 Å². The van der Waals surface area contributed by atoms with Gasteiger partial charge in [-0.25, -0.2) is 9.59 Å². The number of aryl methyl sites for hydroxylation is 2. The molecule has 32 heavy (non-hydrogen) atoms. The zero-order valence-corrected chi connectivity index (χ0v) is 18.3. The average molecular weight is 436 g/mol. The molecule has 1 saturated heterocycles. The molecule has 0 aliphatic carbocycles. The number of rotatable bonds is 6. The van der Waals surface area contributed by atoms with E-state index in [-0.39, 0.29) is 30.1 Å². The monoisotopic (exact) mass is 435 g/mol. The van der Waals surface area contributed by atoms with Crippen LogP contribution in [0, 0.1) is 0 Å². The molecule has 4 rings (SSSR count). The van der Waals surface area contributed by atoms with E-state index in [1.54, 1.807) is 14.0 Å². The molecule has 0 bridgehead atoms. The summed E-state index contributed by atoms with van der Waals surface area (Å²) in [6.45, 7) is 4.06. The second-order valence-corrected chi connectivity index (χ2v) is 8.04. The first kappa shape index (κ1) is 21.7. The van der Waals surface area contributed by atoms with E-state index in [4.69, 9.17) is 0 Å². The van der Waals surface area contributed by atoms with Crippen molar-refractivity contribution in [3.63, 3.8) is 0 Å². The highest BCUT2D eigenvalue weighted by atomic mass is 16.2. The van der Waals surface area contributed by atoms with Gasteiger partial charge >= 0.3 is 11.7 Å². The minimum Gasteiger partial charge on any atom is -0.353 e. The Morgan fingerprint density at radius 2 is 1.56 bits per heavy atom. The third-order valence-corrected chi connectivity index (χ3v) is 5.98. The van der Waals surface area contributed by atoms with Crippen LogP contribution in [0.1, 0.15) is 26.2 Å². The highest BCUT2D eigenvalue weighted by Crippen LogP contribution is 2.15. The zero-order chi connectivity index (χ0) is 22.5. The lowest BCUT2D eigenvalue weighted by Gasteiger charge is -2.32. The molecule has 2 N–H and O–H groups in total. The Bertz CT molecular complexity index is 1140. The van der Waals surface area contributed by atoms with Gasteiger partial charge in [0, 0.05) is 44.3 Å². The minimum atomic E-state index is -0.118. The zero-order valence-electron chi connectivity index (χ0n) is 18.3. The van der Waals surface area contributed by atoms with Gasteiger partial charge in [-0.2, -0.15) is 0 Å². The number of para-hydroxylation sites is 3. The number of urea groups is 1. The molecule has 8 heteroatoms. The molecule has 0 atom stereocenters. The summed E-state index contributed by atoms with van der Waals surface area (Å²) in [6, 6.07) is 17.0. The number of piperidine rings is 1. The quantitative estimate of drug-likeness (QED) is 0.624. The first-order chi connectivity index (χ1) is 15.6. The van der Waals surface area contributed by atoms with Crippen LogP contribution in [0.2, 0.25) is 0 Å². The van der Waals surface area contributed by atoms with Gasteiger partial charge in [-0.3, -0.25) is 13.9 Å². The summed E-state index contributed by atoms with van der Waals surface area (Å²) in [5.74, 6) is -0.0718. The maximum absolute atomic E-state index is 12.7. The van der Waals surface area contributed by atoms with Gasteiger partial charge < -0.3 is 15.5 Å².